The number of alkyl carbamates (subject to hydrolysis) is 1. The van der Waals surface area contributed by atoms with E-state index in [1.165, 1.54) is 14.0 Å². The fourth-order valence-corrected chi connectivity index (χ4v) is 17.5. The molecule has 25 nitrogen and oxygen atoms in total. The van der Waals surface area contributed by atoms with Crippen molar-refractivity contribution in [1.82, 2.24) is 5.32 Å². The van der Waals surface area contributed by atoms with Gasteiger partial charge in [0.25, 0.3) is 0 Å². The van der Waals surface area contributed by atoms with E-state index >= 15 is 4.79 Å². The van der Waals surface area contributed by atoms with Crippen LogP contribution in [0.2, 0.25) is 0 Å². The molecule has 92 heavy (non-hydrogen) atoms. The van der Waals surface area contributed by atoms with E-state index < -0.39 is 203 Å². The summed E-state index contributed by atoms with van der Waals surface area (Å²) in [5, 5.41) is 62.2. The van der Waals surface area contributed by atoms with Crippen molar-refractivity contribution in [2.24, 2.45) is 52.8 Å². The summed E-state index contributed by atoms with van der Waals surface area (Å²) in [6.45, 7) is 21.9. The Hall–Kier alpha value is -4.48. The smallest absolute Gasteiger partial charge is 0.407 e. The first-order valence-corrected chi connectivity index (χ1v) is 33.3. The van der Waals surface area contributed by atoms with Crippen molar-refractivity contribution < 1.29 is 106 Å². The van der Waals surface area contributed by atoms with E-state index in [-0.39, 0.29) is 56.3 Å². The Morgan fingerprint density at radius 1 is 0.663 bits per heavy atom. The molecule has 1 amide bonds. The highest BCUT2D eigenvalue weighted by atomic mass is 16.7. The van der Waals surface area contributed by atoms with E-state index in [0.29, 0.717) is 37.7 Å². The minimum Gasteiger partial charge on any atom is -0.511 e. The molecule has 4 aliphatic carbocycles. The van der Waals surface area contributed by atoms with Crippen LogP contribution in [0.5, 0.6) is 0 Å². The summed E-state index contributed by atoms with van der Waals surface area (Å²) in [6.07, 6.45) is -3.21. The number of allylic oxidation sites excluding steroid dienone is 3. The number of nitrogens with zero attached hydrogens (tertiary/aromatic N) is 1. The second-order valence-corrected chi connectivity index (χ2v) is 28.8. The fraction of sp³-hybridized carbons (Fsp3) is 0.821. The van der Waals surface area contributed by atoms with Crippen LogP contribution in [0, 0.1) is 62.9 Å². The van der Waals surface area contributed by atoms with Crippen molar-refractivity contribution >= 4 is 23.8 Å². The molecule has 30 atom stereocenters. The number of aliphatic hydroxyl groups excluding tert-OH is 4. The van der Waals surface area contributed by atoms with Crippen molar-refractivity contribution in [2.45, 2.75) is 282 Å². The van der Waals surface area contributed by atoms with Crippen LogP contribution in [0.3, 0.4) is 0 Å². The molecule has 5 N–H and O–H groups in total. The molecule has 10 rings (SSSR count). The van der Waals surface area contributed by atoms with E-state index in [0.717, 1.165) is 12.7 Å². The van der Waals surface area contributed by atoms with Gasteiger partial charge in [-0.1, -0.05) is 57.6 Å². The fourth-order valence-electron chi connectivity index (χ4n) is 17.5. The lowest BCUT2D eigenvalue weighted by molar-refractivity contribution is -0.584. The predicted molar refractivity (Wildman–Crippen MR) is 325 cm³/mol. The number of rotatable bonds is 13. The minimum atomic E-state index is -1.90. The zero-order chi connectivity index (χ0) is 66.8. The number of fused-ring (bicyclic) bond motifs is 4. The summed E-state index contributed by atoms with van der Waals surface area (Å²) in [7, 11) is 2.48. The van der Waals surface area contributed by atoms with Crippen LogP contribution < -0.4 is 5.32 Å². The summed E-state index contributed by atoms with van der Waals surface area (Å²) >= 11 is 0. The number of aliphatic hydroxyl groups is 4. The number of amides is 1. The van der Waals surface area contributed by atoms with Crippen LogP contribution in [0.4, 0.5) is 4.79 Å². The number of nitro groups is 1. The van der Waals surface area contributed by atoms with Crippen molar-refractivity contribution in [1.29, 1.82) is 0 Å². The number of nitrogens with one attached hydrogen (secondary N) is 1. The minimum absolute atomic E-state index is 0.0589. The summed E-state index contributed by atoms with van der Waals surface area (Å²) < 4.78 is 81.3. The monoisotopic (exact) mass is 1300 g/mol. The van der Waals surface area contributed by atoms with E-state index in [1.807, 2.05) is 46.8 Å². The largest absolute Gasteiger partial charge is 0.511 e. The van der Waals surface area contributed by atoms with Crippen LogP contribution in [0.1, 0.15) is 154 Å². The first-order chi connectivity index (χ1) is 43.4. The number of esters is 2. The highest BCUT2D eigenvalue weighted by molar-refractivity contribution is 6.26. The lowest BCUT2D eigenvalue weighted by atomic mass is 9.49. The first-order valence-electron chi connectivity index (χ1n) is 33.3. The molecule has 0 aromatic heterocycles. The number of carbonyl (C=O) groups excluding carboxylic acids is 4. The molecule has 2 saturated carbocycles. The molecule has 10 aliphatic rings. The van der Waals surface area contributed by atoms with Gasteiger partial charge in [0.1, 0.15) is 29.4 Å². The molecule has 6 saturated heterocycles. The van der Waals surface area contributed by atoms with E-state index in [4.69, 9.17) is 61.6 Å². The molecule has 1 spiro atoms. The number of methoxy groups -OCH3 is 2. The Labute approximate surface area is 539 Å². The number of carbonyl (C=O) groups is 4. The summed E-state index contributed by atoms with van der Waals surface area (Å²) in [5.41, 5.74) is -4.20. The Morgan fingerprint density at radius 2 is 1.30 bits per heavy atom. The van der Waals surface area contributed by atoms with Gasteiger partial charge < -0.3 is 87.3 Å². The predicted octanol–water partition coefficient (Wildman–Crippen LogP) is 7.12. The molecule has 0 aromatic carbocycles. The Bertz CT molecular complexity index is 2840. The van der Waals surface area contributed by atoms with Crippen LogP contribution >= 0.6 is 0 Å². The van der Waals surface area contributed by atoms with Gasteiger partial charge >= 0.3 is 18.0 Å². The molecular weight excluding hydrogens is 1200 g/mol. The van der Waals surface area contributed by atoms with Crippen molar-refractivity contribution in [3.8, 4) is 0 Å². The standard InChI is InChI=1S/C67H100N2O23/c1-30-23-44(71)42-25-32(3)46(87-53-29-65(11,69(78)79)59(39(10)86-53)68-64(77)81-14)19-15-31(2)41-17-16-40-56(66(41,12)60(73)55-61(74)67(42,28-30)92-63(55)76)33(4)24-34(5)57(40)91-52-27-48(54(37(8)84-52)62(75)80-13)89-49-22-20-47(36(7)83-49)88-51-26-45(72)58(38(9)85-51)90-50-21-18-43(70)35(6)82-50/h15-17,25,30,33-54,56-59,70-73H,18-24,26-29H2,1-14H3,(H,68,77)/b31-15+,32-25?,60-55?. The molecule has 30 unspecified atom stereocenters. The maximum absolute atomic E-state index is 15.6. The zero-order valence-corrected chi connectivity index (χ0v) is 55.7. The third kappa shape index (κ3) is 13.5. The van der Waals surface area contributed by atoms with Gasteiger partial charge in [-0.2, -0.15) is 0 Å². The van der Waals surface area contributed by atoms with Crippen LogP contribution in [-0.4, -0.2) is 191 Å². The second-order valence-electron chi connectivity index (χ2n) is 28.8. The topological polar surface area (TPSA) is 324 Å². The molecule has 25 heteroatoms. The van der Waals surface area contributed by atoms with Crippen molar-refractivity contribution in [2.75, 3.05) is 14.2 Å². The molecule has 2 bridgehead atoms. The number of Topliss-reactive ketones (excluding diaryl/α,β-unsaturated/α-hetero) is 1. The van der Waals surface area contributed by atoms with Crippen LogP contribution in [0.25, 0.3) is 0 Å². The molecule has 6 aliphatic heterocycles. The van der Waals surface area contributed by atoms with Gasteiger partial charge in [-0.25, -0.2) is 9.59 Å². The Balaban J connectivity index is 0.898. The van der Waals surface area contributed by atoms with Gasteiger partial charge in [0.2, 0.25) is 11.3 Å². The Kier molecular flexibility index (Phi) is 21.3. The summed E-state index contributed by atoms with van der Waals surface area (Å²) in [6, 6.07) is -1.09. The molecule has 6 heterocycles. The Morgan fingerprint density at radius 3 is 1.98 bits per heavy atom. The molecule has 0 radical (unpaired) electrons. The highest BCUT2D eigenvalue weighted by Crippen LogP contribution is 2.61. The SMILES string of the molecule is COC(=O)NC1C(C)OC(OC2C/C=C(\C)C3C=CC4C(OC5CC(OC6CCC(OC7CC(O)C(OC8CCC(O)C(C)O8)C(C)O7)C(C)O6)C(C(=O)OC)C(C)O5)C(C)CC(C)C4C3(C)C(O)=C3C(=O)OC4(CC(C)CC(O)C4C=C2C)C3=O)CC1(C)[N+](=O)[O-]. The maximum atomic E-state index is 15.6. The summed E-state index contributed by atoms with van der Waals surface area (Å²) in [5.74, 6) is -6.67. The zero-order valence-electron chi connectivity index (χ0n) is 55.7. The van der Waals surface area contributed by atoms with E-state index in [9.17, 15) is 44.9 Å². The van der Waals surface area contributed by atoms with Gasteiger partial charge in [0.05, 0.1) is 99.8 Å². The molecule has 0 aromatic rings. The van der Waals surface area contributed by atoms with Crippen LogP contribution in [0.15, 0.2) is 46.8 Å². The van der Waals surface area contributed by atoms with Gasteiger partial charge in [-0.15, -0.1) is 0 Å². The second kappa shape index (κ2) is 27.9. The third-order valence-electron chi connectivity index (χ3n) is 22.3. The summed E-state index contributed by atoms with van der Waals surface area (Å²) in [4.78, 5) is 68.9. The highest BCUT2D eigenvalue weighted by Gasteiger charge is 2.65. The van der Waals surface area contributed by atoms with Gasteiger partial charge in [0.15, 0.2) is 37.1 Å². The molecule has 516 valence electrons. The van der Waals surface area contributed by atoms with Gasteiger partial charge in [-0.05, 0) is 116 Å². The van der Waals surface area contributed by atoms with Crippen molar-refractivity contribution in [3.05, 3.63) is 56.9 Å². The van der Waals surface area contributed by atoms with Crippen molar-refractivity contribution in [3.63, 3.8) is 0 Å². The quantitative estimate of drug-likeness (QED) is 0.0306. The number of ketones is 1. The van der Waals surface area contributed by atoms with E-state index in [1.54, 1.807) is 33.8 Å². The number of ether oxygens (including phenoxy) is 13. The third-order valence-corrected chi connectivity index (χ3v) is 22.3. The lowest BCUT2D eigenvalue weighted by Crippen LogP contribution is -2.65. The van der Waals surface area contributed by atoms with E-state index in [2.05, 4.69) is 25.2 Å². The number of hydrogen-bond donors (Lipinski definition) is 5. The lowest BCUT2D eigenvalue weighted by Gasteiger charge is -2.56. The maximum Gasteiger partial charge on any atom is 0.407 e. The average molecular weight is 1300 g/mol. The first kappa shape index (κ1) is 70.3. The number of hydrogen-bond acceptors (Lipinski definition) is 23. The van der Waals surface area contributed by atoms with Gasteiger partial charge in [0, 0.05) is 54.8 Å². The van der Waals surface area contributed by atoms with Crippen LogP contribution in [-0.2, 0) is 76.0 Å². The molecular formula is C67H100N2O23. The molecule has 8 fully saturated rings. The average Bonchev–Trinajstić information content (AvgIpc) is 1.32. The normalized spacial score (nSPS) is 48.1. The van der Waals surface area contributed by atoms with Gasteiger partial charge in [-0.3, -0.25) is 19.7 Å².